The molecule has 0 spiro atoms. The minimum atomic E-state index is -0.984. The quantitative estimate of drug-likeness (QED) is 0.658. The normalized spacial score (nSPS) is 19.8. The molecule has 1 atom stereocenters. The molecule has 0 heterocycles. The zero-order valence-electron chi connectivity index (χ0n) is 9.82. The number of anilines is 1. The number of halogens is 1. The molecule has 1 aromatic rings. The van der Waals surface area contributed by atoms with E-state index in [1.54, 1.807) is 18.2 Å². The summed E-state index contributed by atoms with van der Waals surface area (Å²) < 4.78 is 12.5. The van der Waals surface area contributed by atoms with E-state index in [2.05, 4.69) is 0 Å². The van der Waals surface area contributed by atoms with Gasteiger partial charge >= 0.3 is 0 Å². The Labute approximate surface area is 110 Å². The Hall–Kier alpha value is -0.540. The van der Waals surface area contributed by atoms with Crippen molar-refractivity contribution in [3.05, 3.63) is 23.2 Å². The van der Waals surface area contributed by atoms with Crippen molar-refractivity contribution in [2.45, 2.75) is 48.7 Å². The molecular weight excluding hydrogens is 254 g/mol. The zero-order chi connectivity index (χ0) is 12.3. The Kier molecular flexibility index (Phi) is 4.46. The van der Waals surface area contributed by atoms with Gasteiger partial charge in [0.25, 0.3) is 0 Å². The average Bonchev–Trinajstić information content (AvgIpc) is 2.56. The third-order valence-corrected chi connectivity index (χ3v) is 5.41. The fraction of sp³-hybridized carbons (Fsp3) is 0.538. The Morgan fingerprint density at radius 3 is 2.41 bits per heavy atom. The van der Waals surface area contributed by atoms with E-state index >= 15 is 0 Å². The van der Waals surface area contributed by atoms with Crippen LogP contribution in [0.4, 0.5) is 5.69 Å². The van der Waals surface area contributed by atoms with Gasteiger partial charge in [0.15, 0.2) is 0 Å². The van der Waals surface area contributed by atoms with Crippen LogP contribution in [0.25, 0.3) is 0 Å². The Morgan fingerprint density at radius 2 is 1.82 bits per heavy atom. The minimum absolute atomic E-state index is 0.265. The van der Waals surface area contributed by atoms with E-state index in [0.29, 0.717) is 10.7 Å². The monoisotopic (exact) mass is 271 g/mol. The first-order valence-corrected chi connectivity index (χ1v) is 7.73. The molecule has 17 heavy (non-hydrogen) atoms. The van der Waals surface area contributed by atoms with Gasteiger partial charge in [0.1, 0.15) is 0 Å². The molecule has 1 aromatic carbocycles. The van der Waals surface area contributed by atoms with Gasteiger partial charge in [-0.25, -0.2) is 0 Å². The van der Waals surface area contributed by atoms with E-state index in [-0.39, 0.29) is 5.25 Å². The number of hydrogen-bond donors (Lipinski definition) is 1. The van der Waals surface area contributed by atoms with Gasteiger partial charge in [-0.3, -0.25) is 4.21 Å². The van der Waals surface area contributed by atoms with Crippen LogP contribution < -0.4 is 5.73 Å². The van der Waals surface area contributed by atoms with E-state index in [9.17, 15) is 4.21 Å². The molecule has 0 aromatic heterocycles. The molecule has 0 amide bonds. The van der Waals surface area contributed by atoms with Gasteiger partial charge in [-0.15, -0.1) is 0 Å². The van der Waals surface area contributed by atoms with Crippen molar-refractivity contribution in [3.63, 3.8) is 0 Å². The van der Waals surface area contributed by atoms with Crippen molar-refractivity contribution in [3.8, 4) is 0 Å². The Balaban J connectivity index is 2.17. The lowest BCUT2D eigenvalue weighted by molar-refractivity contribution is 0.642. The summed E-state index contributed by atoms with van der Waals surface area (Å²) >= 11 is 5.85. The first kappa shape index (κ1) is 12.9. The number of rotatable bonds is 2. The zero-order valence-corrected chi connectivity index (χ0v) is 11.4. The maximum absolute atomic E-state index is 12.5. The third-order valence-electron chi connectivity index (χ3n) is 3.29. The summed E-state index contributed by atoms with van der Waals surface area (Å²) in [4.78, 5) is 0.751. The molecule has 0 radical (unpaired) electrons. The topological polar surface area (TPSA) is 43.1 Å². The van der Waals surface area contributed by atoms with Crippen molar-refractivity contribution < 1.29 is 4.21 Å². The van der Waals surface area contributed by atoms with Crippen molar-refractivity contribution in [2.75, 3.05) is 5.73 Å². The van der Waals surface area contributed by atoms with Gasteiger partial charge in [0.2, 0.25) is 0 Å². The molecule has 4 heteroatoms. The molecule has 0 bridgehead atoms. The highest BCUT2D eigenvalue weighted by atomic mass is 35.5. The summed E-state index contributed by atoms with van der Waals surface area (Å²) in [6, 6.07) is 5.26. The van der Waals surface area contributed by atoms with E-state index in [0.717, 1.165) is 17.7 Å². The van der Waals surface area contributed by atoms with Crippen LogP contribution >= 0.6 is 11.6 Å². The van der Waals surface area contributed by atoms with Crippen molar-refractivity contribution in [2.24, 2.45) is 0 Å². The highest BCUT2D eigenvalue weighted by Gasteiger charge is 2.21. The van der Waals surface area contributed by atoms with Gasteiger partial charge in [-0.05, 0) is 31.0 Å². The van der Waals surface area contributed by atoms with Crippen LogP contribution in [0.5, 0.6) is 0 Å². The van der Waals surface area contributed by atoms with Crippen LogP contribution in [-0.4, -0.2) is 9.46 Å². The molecule has 1 aliphatic rings. The van der Waals surface area contributed by atoms with Gasteiger partial charge in [-0.2, -0.15) is 0 Å². The minimum Gasteiger partial charge on any atom is -0.398 e. The number of nitrogen functional groups attached to an aromatic ring is 1. The smallest absolute Gasteiger partial charge is 0.0621 e. The lowest BCUT2D eigenvalue weighted by Crippen LogP contribution is -2.15. The van der Waals surface area contributed by atoms with Crippen molar-refractivity contribution in [1.29, 1.82) is 0 Å². The SMILES string of the molecule is Nc1cc(Cl)ccc1S(=O)C1CCCCCC1. The van der Waals surface area contributed by atoms with Crippen LogP contribution in [0.2, 0.25) is 5.02 Å². The number of benzene rings is 1. The summed E-state index contributed by atoms with van der Waals surface area (Å²) in [6.07, 6.45) is 7.00. The predicted octanol–water partition coefficient (Wildman–Crippen LogP) is 3.75. The van der Waals surface area contributed by atoms with Gasteiger partial charge in [0, 0.05) is 16.0 Å². The van der Waals surface area contributed by atoms with Crippen LogP contribution in [0.3, 0.4) is 0 Å². The molecule has 1 saturated carbocycles. The second-order valence-electron chi connectivity index (χ2n) is 4.59. The van der Waals surface area contributed by atoms with Crippen LogP contribution in [0, 0.1) is 0 Å². The fourth-order valence-corrected chi connectivity index (χ4v) is 4.13. The molecule has 2 rings (SSSR count). The van der Waals surface area contributed by atoms with Gasteiger partial charge in [-0.1, -0.05) is 37.3 Å². The molecule has 0 aliphatic heterocycles. The van der Waals surface area contributed by atoms with Crippen LogP contribution in [0.1, 0.15) is 38.5 Å². The molecule has 94 valence electrons. The first-order chi connectivity index (χ1) is 8.18. The largest absolute Gasteiger partial charge is 0.398 e. The highest BCUT2D eigenvalue weighted by Crippen LogP contribution is 2.29. The maximum atomic E-state index is 12.5. The third kappa shape index (κ3) is 3.23. The summed E-state index contributed by atoms with van der Waals surface area (Å²) in [5, 5.41) is 0.866. The average molecular weight is 272 g/mol. The lowest BCUT2D eigenvalue weighted by Gasteiger charge is -2.15. The number of nitrogens with two attached hydrogens (primary N) is 1. The Bertz CT molecular complexity index is 414. The van der Waals surface area contributed by atoms with Crippen molar-refractivity contribution >= 4 is 28.1 Å². The first-order valence-electron chi connectivity index (χ1n) is 6.14. The maximum Gasteiger partial charge on any atom is 0.0621 e. The van der Waals surface area contributed by atoms with Gasteiger partial charge in [0.05, 0.1) is 15.7 Å². The van der Waals surface area contributed by atoms with Gasteiger partial charge < -0.3 is 5.73 Å². The second kappa shape index (κ2) is 5.87. The fourth-order valence-electron chi connectivity index (χ4n) is 2.34. The number of hydrogen-bond acceptors (Lipinski definition) is 2. The van der Waals surface area contributed by atoms with E-state index < -0.39 is 10.8 Å². The van der Waals surface area contributed by atoms with Crippen LogP contribution in [0.15, 0.2) is 23.1 Å². The molecule has 0 saturated heterocycles. The highest BCUT2D eigenvalue weighted by molar-refractivity contribution is 7.85. The summed E-state index contributed by atoms with van der Waals surface area (Å²) in [5.41, 5.74) is 6.45. The summed E-state index contributed by atoms with van der Waals surface area (Å²) in [7, 11) is -0.984. The van der Waals surface area contributed by atoms with Crippen molar-refractivity contribution in [1.82, 2.24) is 0 Å². The summed E-state index contributed by atoms with van der Waals surface area (Å²) in [5.74, 6) is 0. The molecule has 1 fully saturated rings. The van der Waals surface area contributed by atoms with E-state index in [1.165, 1.54) is 25.7 Å². The van der Waals surface area contributed by atoms with E-state index in [1.807, 2.05) is 0 Å². The molecule has 1 aliphatic carbocycles. The predicted molar refractivity (Wildman–Crippen MR) is 73.8 cm³/mol. The van der Waals surface area contributed by atoms with Crippen LogP contribution in [-0.2, 0) is 10.8 Å². The molecule has 1 unspecified atom stereocenters. The lowest BCUT2D eigenvalue weighted by atomic mass is 10.2. The standard InChI is InChI=1S/C13H18ClNOS/c14-10-7-8-13(12(15)9-10)17(16)11-5-3-1-2-4-6-11/h7-9,11H,1-6,15H2. The molecule has 2 nitrogen and oxygen atoms in total. The Morgan fingerprint density at radius 1 is 1.18 bits per heavy atom. The molecular formula is C13H18ClNOS. The molecule has 2 N–H and O–H groups in total. The van der Waals surface area contributed by atoms with E-state index in [4.69, 9.17) is 17.3 Å². The second-order valence-corrected chi connectivity index (χ2v) is 6.73. The summed E-state index contributed by atoms with van der Waals surface area (Å²) in [6.45, 7) is 0.